The summed E-state index contributed by atoms with van der Waals surface area (Å²) in [6.07, 6.45) is 5.25. The summed E-state index contributed by atoms with van der Waals surface area (Å²) in [7, 11) is 0. The first kappa shape index (κ1) is 18.3. The van der Waals surface area contributed by atoms with Crippen molar-refractivity contribution in [1.82, 2.24) is 19.9 Å². The van der Waals surface area contributed by atoms with E-state index in [0.29, 0.717) is 5.92 Å². The van der Waals surface area contributed by atoms with Crippen LogP contribution in [0.2, 0.25) is 0 Å². The Morgan fingerprint density at radius 3 is 2.67 bits per heavy atom. The highest BCUT2D eigenvalue weighted by Gasteiger charge is 2.24. The van der Waals surface area contributed by atoms with Crippen LogP contribution >= 0.6 is 0 Å². The van der Waals surface area contributed by atoms with Gasteiger partial charge in [-0.1, -0.05) is 0 Å². The first-order valence-corrected chi connectivity index (χ1v) is 9.68. The molecule has 2 aliphatic heterocycles. The van der Waals surface area contributed by atoms with Gasteiger partial charge in [-0.2, -0.15) is 0 Å². The van der Waals surface area contributed by atoms with Gasteiger partial charge in [0.2, 0.25) is 0 Å². The van der Waals surface area contributed by atoms with Gasteiger partial charge in [-0.25, -0.2) is 14.4 Å². The van der Waals surface area contributed by atoms with Gasteiger partial charge in [0.25, 0.3) is 0 Å². The topological polar surface area (TPSA) is 54.4 Å². The fourth-order valence-electron chi connectivity index (χ4n) is 3.82. The smallest absolute Gasteiger partial charge is 0.141 e. The second-order valence-electron chi connectivity index (χ2n) is 7.34. The quantitative estimate of drug-likeness (QED) is 0.823. The van der Waals surface area contributed by atoms with Gasteiger partial charge in [0.05, 0.1) is 25.1 Å². The van der Waals surface area contributed by atoms with Crippen molar-refractivity contribution in [3.05, 3.63) is 47.4 Å². The van der Waals surface area contributed by atoms with E-state index in [-0.39, 0.29) is 5.82 Å². The molecule has 0 N–H and O–H groups in total. The monoisotopic (exact) mass is 371 g/mol. The van der Waals surface area contributed by atoms with E-state index < -0.39 is 0 Å². The van der Waals surface area contributed by atoms with Crippen molar-refractivity contribution in [3.63, 3.8) is 0 Å². The van der Waals surface area contributed by atoms with Crippen LogP contribution in [0.25, 0.3) is 0 Å². The molecule has 2 aromatic heterocycles. The highest BCUT2D eigenvalue weighted by Crippen LogP contribution is 2.27. The Bertz CT molecular complexity index is 773. The molecule has 2 aromatic rings. The molecule has 0 atom stereocenters. The van der Waals surface area contributed by atoms with E-state index in [1.165, 1.54) is 6.20 Å². The Labute approximate surface area is 159 Å². The van der Waals surface area contributed by atoms with Crippen LogP contribution in [-0.2, 0) is 11.3 Å². The predicted molar refractivity (Wildman–Crippen MR) is 101 cm³/mol. The minimum Gasteiger partial charge on any atom is -0.378 e. The summed E-state index contributed by atoms with van der Waals surface area (Å²) in [5, 5.41) is 0. The van der Waals surface area contributed by atoms with Crippen LogP contribution in [0.15, 0.2) is 24.5 Å². The number of piperidine rings is 1. The molecule has 0 saturated carbocycles. The molecule has 0 radical (unpaired) electrons. The first-order valence-electron chi connectivity index (χ1n) is 9.68. The van der Waals surface area contributed by atoms with Crippen molar-refractivity contribution in [1.29, 1.82) is 0 Å². The maximum atomic E-state index is 13.2. The Morgan fingerprint density at radius 1 is 1.15 bits per heavy atom. The third kappa shape index (κ3) is 4.42. The van der Waals surface area contributed by atoms with E-state index in [0.717, 1.165) is 81.7 Å². The van der Waals surface area contributed by atoms with E-state index in [2.05, 4.69) is 19.8 Å². The van der Waals surface area contributed by atoms with E-state index in [1.54, 1.807) is 6.07 Å². The third-order valence-electron chi connectivity index (χ3n) is 5.47. The summed E-state index contributed by atoms with van der Waals surface area (Å²) in [6.45, 7) is 7.94. The number of aromatic nitrogens is 3. The highest BCUT2D eigenvalue weighted by atomic mass is 19.1. The molecule has 2 saturated heterocycles. The third-order valence-corrected chi connectivity index (χ3v) is 5.47. The predicted octanol–water partition coefficient (Wildman–Crippen LogP) is 2.54. The molecule has 4 heterocycles. The van der Waals surface area contributed by atoms with Crippen LogP contribution in [0.1, 0.15) is 35.8 Å². The fraction of sp³-hybridized carbons (Fsp3) is 0.550. The van der Waals surface area contributed by atoms with Gasteiger partial charge >= 0.3 is 0 Å². The summed E-state index contributed by atoms with van der Waals surface area (Å²) in [5.74, 6) is 2.09. The van der Waals surface area contributed by atoms with Crippen molar-refractivity contribution < 1.29 is 9.13 Å². The number of pyridine rings is 1. The molecule has 27 heavy (non-hydrogen) atoms. The summed E-state index contributed by atoms with van der Waals surface area (Å²) < 4.78 is 18.7. The zero-order chi connectivity index (χ0) is 18.6. The summed E-state index contributed by atoms with van der Waals surface area (Å²) >= 11 is 0. The number of morpholine rings is 1. The Hall–Kier alpha value is -2.12. The number of anilines is 1. The zero-order valence-electron chi connectivity index (χ0n) is 15.8. The summed E-state index contributed by atoms with van der Waals surface area (Å²) in [5.41, 5.74) is 1.87. The van der Waals surface area contributed by atoms with E-state index in [9.17, 15) is 4.39 Å². The largest absolute Gasteiger partial charge is 0.378 e. The number of rotatable bonds is 4. The molecular formula is C20H26FN5O. The number of likely N-dealkylation sites (tertiary alicyclic amines) is 1. The van der Waals surface area contributed by atoms with Crippen molar-refractivity contribution in [2.75, 3.05) is 44.3 Å². The van der Waals surface area contributed by atoms with Crippen LogP contribution in [-0.4, -0.2) is 59.2 Å². The molecule has 6 nitrogen and oxygen atoms in total. The molecule has 0 aromatic carbocycles. The average molecular weight is 371 g/mol. The van der Waals surface area contributed by atoms with Crippen molar-refractivity contribution in [2.45, 2.75) is 32.2 Å². The summed E-state index contributed by atoms with van der Waals surface area (Å²) in [6, 6.07) is 3.55. The highest BCUT2D eigenvalue weighted by molar-refractivity contribution is 5.38. The second-order valence-corrected chi connectivity index (χ2v) is 7.34. The number of hydrogen-bond donors (Lipinski definition) is 0. The molecule has 7 heteroatoms. The number of ether oxygens (including phenoxy) is 1. The van der Waals surface area contributed by atoms with Crippen LogP contribution in [0.4, 0.5) is 10.2 Å². The van der Waals surface area contributed by atoms with Crippen LogP contribution in [0, 0.1) is 12.7 Å². The zero-order valence-corrected chi connectivity index (χ0v) is 15.8. The molecule has 144 valence electrons. The van der Waals surface area contributed by atoms with Crippen molar-refractivity contribution >= 4 is 5.82 Å². The molecule has 0 amide bonds. The van der Waals surface area contributed by atoms with E-state index >= 15 is 0 Å². The molecule has 0 aliphatic carbocycles. The normalized spacial score (nSPS) is 19.4. The maximum absolute atomic E-state index is 13.2. The van der Waals surface area contributed by atoms with E-state index in [1.807, 2.05) is 19.2 Å². The molecule has 0 spiro atoms. The number of aryl methyl sites for hydroxylation is 1. The Kier molecular flexibility index (Phi) is 5.59. The average Bonchev–Trinajstić information content (AvgIpc) is 2.71. The minimum absolute atomic E-state index is 0.271. The van der Waals surface area contributed by atoms with Crippen molar-refractivity contribution in [3.8, 4) is 0 Å². The SMILES string of the molecule is Cc1cc(F)cnc1CN1CCC(c2nccc(N3CCOCC3)n2)CC1. The number of hydrogen-bond acceptors (Lipinski definition) is 6. The molecular weight excluding hydrogens is 345 g/mol. The van der Waals surface area contributed by atoms with Gasteiger partial charge < -0.3 is 9.64 Å². The fourth-order valence-corrected chi connectivity index (χ4v) is 3.82. The lowest BCUT2D eigenvalue weighted by atomic mass is 9.95. The maximum Gasteiger partial charge on any atom is 0.141 e. The van der Waals surface area contributed by atoms with Gasteiger partial charge in [-0.05, 0) is 50.6 Å². The van der Waals surface area contributed by atoms with Crippen molar-refractivity contribution in [2.24, 2.45) is 0 Å². The van der Waals surface area contributed by atoms with Gasteiger partial charge in [0.1, 0.15) is 17.5 Å². The second kappa shape index (κ2) is 8.27. The molecule has 4 rings (SSSR count). The Morgan fingerprint density at radius 2 is 1.93 bits per heavy atom. The van der Waals surface area contributed by atoms with Crippen LogP contribution < -0.4 is 4.90 Å². The van der Waals surface area contributed by atoms with E-state index in [4.69, 9.17) is 9.72 Å². The summed E-state index contributed by atoms with van der Waals surface area (Å²) in [4.78, 5) is 18.3. The lowest BCUT2D eigenvalue weighted by Crippen LogP contribution is -2.37. The lowest BCUT2D eigenvalue weighted by Gasteiger charge is -2.32. The number of halogens is 1. The molecule has 0 bridgehead atoms. The van der Waals surface area contributed by atoms with Gasteiger partial charge in [-0.3, -0.25) is 9.88 Å². The molecule has 2 aliphatic rings. The van der Waals surface area contributed by atoms with Crippen LogP contribution in [0.5, 0.6) is 0 Å². The lowest BCUT2D eigenvalue weighted by molar-refractivity contribution is 0.122. The van der Waals surface area contributed by atoms with Gasteiger partial charge in [-0.15, -0.1) is 0 Å². The minimum atomic E-state index is -0.271. The first-order chi connectivity index (χ1) is 13.2. The standard InChI is InChI=1S/C20H26FN5O/c1-15-12-17(21)13-23-18(15)14-25-6-3-16(4-7-25)20-22-5-2-19(24-20)26-8-10-27-11-9-26/h2,5,12-13,16H,3-4,6-11,14H2,1H3. The Balaban J connectivity index is 1.36. The van der Waals surface area contributed by atoms with Crippen LogP contribution in [0.3, 0.4) is 0 Å². The van der Waals surface area contributed by atoms with Gasteiger partial charge in [0, 0.05) is 31.7 Å². The molecule has 0 unspecified atom stereocenters. The van der Waals surface area contributed by atoms with Gasteiger partial charge in [0.15, 0.2) is 0 Å². The number of nitrogens with zero attached hydrogens (tertiary/aromatic N) is 5. The molecule has 2 fully saturated rings.